The fourth-order valence-corrected chi connectivity index (χ4v) is 10.5. The number of hydrogen-bond acceptors (Lipinski definition) is 4. The fourth-order valence-electron chi connectivity index (χ4n) is 10.5. The van der Waals surface area contributed by atoms with Crippen molar-refractivity contribution >= 4 is 64.6 Å². The second-order valence-electron chi connectivity index (χ2n) is 20.0. The summed E-state index contributed by atoms with van der Waals surface area (Å²) in [5.74, 6) is 3.31. The zero-order chi connectivity index (χ0) is 45.8. The first kappa shape index (κ1) is 41.4. The summed E-state index contributed by atoms with van der Waals surface area (Å²) in [6, 6.07) is 54.1. The molecule has 0 saturated carbocycles. The number of ether oxygens (including phenoxy) is 4. The number of benzene rings is 11. The van der Waals surface area contributed by atoms with Crippen molar-refractivity contribution in [1.29, 1.82) is 0 Å². The summed E-state index contributed by atoms with van der Waals surface area (Å²) in [6.45, 7) is 13.9. The lowest BCUT2D eigenvalue weighted by atomic mass is 9.75. The molecule has 326 valence electrons. The molecule has 0 aliphatic heterocycles. The standard InChI is InChI=1S/C62H54O4/c1-61(2,3)43-27-39-31-49(35-11-19-45(63-7)20-12-35)55-57-51(37-15-23-47(65-9)24-16-37)33-41-29-44(62(4,5)6)30-42-34-52(38-17-25-48(66-10)26-18-38)58(60(57)54(41)42)56-50(32-40(28-43)53(39)59(55)56)36-13-21-46(64-8)22-14-36/h11-34H,1-10H3. The third-order valence-corrected chi connectivity index (χ3v) is 14.0. The molecule has 0 aliphatic carbocycles. The molecule has 11 aromatic carbocycles. The molecule has 0 amide bonds. The van der Waals surface area contributed by atoms with Crippen LogP contribution in [0.15, 0.2) is 146 Å². The molecule has 66 heavy (non-hydrogen) atoms. The van der Waals surface area contributed by atoms with Crippen LogP contribution in [0.4, 0.5) is 0 Å². The molecule has 0 fully saturated rings. The molecule has 4 heteroatoms. The molecule has 0 heterocycles. The number of fused-ring (bicyclic) bond motifs is 2. The molecule has 0 atom stereocenters. The van der Waals surface area contributed by atoms with Crippen LogP contribution in [0, 0.1) is 0 Å². The van der Waals surface area contributed by atoms with Crippen molar-refractivity contribution in [3.05, 3.63) is 157 Å². The van der Waals surface area contributed by atoms with Crippen molar-refractivity contribution in [3.63, 3.8) is 0 Å². The van der Waals surface area contributed by atoms with Gasteiger partial charge in [-0.2, -0.15) is 0 Å². The Labute approximate surface area is 387 Å². The molecule has 0 saturated heterocycles. The second-order valence-corrected chi connectivity index (χ2v) is 20.0. The highest BCUT2D eigenvalue weighted by atomic mass is 16.5. The lowest BCUT2D eigenvalue weighted by Crippen LogP contribution is -2.11. The van der Waals surface area contributed by atoms with E-state index in [0.29, 0.717) is 0 Å². The number of methoxy groups -OCH3 is 4. The van der Waals surface area contributed by atoms with Gasteiger partial charge in [-0.05, 0) is 204 Å². The molecule has 0 unspecified atom stereocenters. The SMILES string of the molecule is COc1ccc(-c2cc3cc(C(C)(C)C)cc4cc(-c5ccc(OC)cc5)c5c6c(-c7ccc(OC)cc7)cc7cc(C(C)(C)C)cc8cc(-c9ccc(OC)cc9)c(c2c5c34)c6c87)cc1. The molecule has 4 nitrogen and oxygen atoms in total. The van der Waals surface area contributed by atoms with Crippen LogP contribution in [-0.4, -0.2) is 28.4 Å². The molecule has 0 aliphatic rings. The van der Waals surface area contributed by atoms with Crippen molar-refractivity contribution in [2.45, 2.75) is 52.4 Å². The van der Waals surface area contributed by atoms with E-state index >= 15 is 0 Å². The Morgan fingerprint density at radius 2 is 0.470 bits per heavy atom. The Bertz CT molecular complexity index is 3180. The molecule has 11 rings (SSSR count). The van der Waals surface area contributed by atoms with Crippen molar-refractivity contribution < 1.29 is 18.9 Å². The first-order valence-corrected chi connectivity index (χ1v) is 22.9. The zero-order valence-corrected chi connectivity index (χ0v) is 39.5. The first-order chi connectivity index (χ1) is 31.8. The molecule has 0 bridgehead atoms. The van der Waals surface area contributed by atoms with Gasteiger partial charge in [0.2, 0.25) is 0 Å². The normalized spacial score (nSPS) is 12.4. The largest absolute Gasteiger partial charge is 0.497 e. The van der Waals surface area contributed by atoms with Gasteiger partial charge in [0, 0.05) is 0 Å². The van der Waals surface area contributed by atoms with E-state index in [0.717, 1.165) is 45.3 Å². The molecular weight excluding hydrogens is 809 g/mol. The third-order valence-electron chi connectivity index (χ3n) is 14.0. The second kappa shape index (κ2) is 15.1. The molecule has 0 aromatic heterocycles. The van der Waals surface area contributed by atoms with Crippen molar-refractivity contribution in [3.8, 4) is 67.5 Å². The van der Waals surface area contributed by atoms with Crippen LogP contribution in [0.3, 0.4) is 0 Å². The van der Waals surface area contributed by atoms with Crippen LogP contribution < -0.4 is 18.9 Å². The first-order valence-electron chi connectivity index (χ1n) is 22.9. The summed E-state index contributed by atoms with van der Waals surface area (Å²) in [5, 5.41) is 14.9. The van der Waals surface area contributed by atoms with E-state index in [2.05, 4.69) is 187 Å². The van der Waals surface area contributed by atoms with Crippen LogP contribution >= 0.6 is 0 Å². The minimum Gasteiger partial charge on any atom is -0.497 e. The smallest absolute Gasteiger partial charge is 0.118 e. The van der Waals surface area contributed by atoms with E-state index in [-0.39, 0.29) is 10.8 Å². The highest BCUT2D eigenvalue weighted by Crippen LogP contribution is 2.56. The van der Waals surface area contributed by atoms with E-state index in [4.69, 9.17) is 18.9 Å². The predicted octanol–water partition coefficient (Wildman–Crippen LogP) is 16.8. The quantitative estimate of drug-likeness (QED) is 0.113. The highest BCUT2D eigenvalue weighted by Gasteiger charge is 2.29. The Balaban J connectivity index is 1.50. The topological polar surface area (TPSA) is 36.9 Å². The van der Waals surface area contributed by atoms with Gasteiger partial charge >= 0.3 is 0 Å². The predicted molar refractivity (Wildman–Crippen MR) is 279 cm³/mol. The summed E-state index contributed by atoms with van der Waals surface area (Å²) >= 11 is 0. The van der Waals surface area contributed by atoms with Gasteiger partial charge in [-0.25, -0.2) is 0 Å². The average Bonchev–Trinajstić information content (AvgIpc) is 3.33. The van der Waals surface area contributed by atoms with Crippen LogP contribution in [0.1, 0.15) is 52.7 Å². The maximum atomic E-state index is 5.75. The summed E-state index contributed by atoms with van der Waals surface area (Å²) in [4.78, 5) is 0. The van der Waals surface area contributed by atoms with Gasteiger partial charge in [0.25, 0.3) is 0 Å². The molecule has 0 N–H and O–H groups in total. The summed E-state index contributed by atoms with van der Waals surface area (Å²) in [6.07, 6.45) is 0. The monoisotopic (exact) mass is 862 g/mol. The van der Waals surface area contributed by atoms with E-state index < -0.39 is 0 Å². The molecular formula is C62H54O4. The average molecular weight is 863 g/mol. The maximum Gasteiger partial charge on any atom is 0.118 e. The van der Waals surface area contributed by atoms with Gasteiger partial charge in [0.15, 0.2) is 0 Å². The minimum absolute atomic E-state index is 0.0866. The van der Waals surface area contributed by atoms with Crippen LogP contribution in [0.5, 0.6) is 23.0 Å². The van der Waals surface area contributed by atoms with Crippen LogP contribution in [0.2, 0.25) is 0 Å². The summed E-state index contributed by atoms with van der Waals surface area (Å²) < 4.78 is 23.0. The van der Waals surface area contributed by atoms with E-state index in [1.54, 1.807) is 28.4 Å². The Hall–Kier alpha value is -7.30. The lowest BCUT2D eigenvalue weighted by molar-refractivity contribution is 0.415. The Morgan fingerprint density at radius 1 is 0.258 bits per heavy atom. The van der Waals surface area contributed by atoms with Crippen LogP contribution in [-0.2, 0) is 10.8 Å². The van der Waals surface area contributed by atoms with E-state index in [1.807, 2.05) is 0 Å². The lowest BCUT2D eigenvalue weighted by Gasteiger charge is -2.28. The number of hydrogen-bond donors (Lipinski definition) is 0. The zero-order valence-electron chi connectivity index (χ0n) is 39.5. The third kappa shape index (κ3) is 6.48. The van der Waals surface area contributed by atoms with Gasteiger partial charge in [-0.15, -0.1) is 0 Å². The van der Waals surface area contributed by atoms with Crippen molar-refractivity contribution in [2.75, 3.05) is 28.4 Å². The van der Waals surface area contributed by atoms with Crippen LogP contribution in [0.25, 0.3) is 109 Å². The van der Waals surface area contributed by atoms with Gasteiger partial charge in [-0.3, -0.25) is 0 Å². The minimum atomic E-state index is -0.0866. The van der Waals surface area contributed by atoms with Gasteiger partial charge < -0.3 is 18.9 Å². The molecule has 0 spiro atoms. The Kier molecular flexibility index (Phi) is 9.50. The van der Waals surface area contributed by atoms with Gasteiger partial charge in [0.05, 0.1) is 28.4 Å². The van der Waals surface area contributed by atoms with Crippen molar-refractivity contribution in [2.24, 2.45) is 0 Å². The van der Waals surface area contributed by atoms with E-state index in [1.165, 1.54) is 98.0 Å². The maximum absolute atomic E-state index is 5.75. The van der Waals surface area contributed by atoms with Gasteiger partial charge in [-0.1, -0.05) is 114 Å². The summed E-state index contributed by atoms with van der Waals surface area (Å²) in [7, 11) is 6.94. The molecule has 0 radical (unpaired) electrons. The van der Waals surface area contributed by atoms with E-state index in [9.17, 15) is 0 Å². The van der Waals surface area contributed by atoms with Gasteiger partial charge in [0.1, 0.15) is 23.0 Å². The highest BCUT2D eigenvalue weighted by molar-refractivity contribution is 6.47. The number of rotatable bonds is 8. The Morgan fingerprint density at radius 3 is 0.652 bits per heavy atom. The summed E-state index contributed by atoms with van der Waals surface area (Å²) in [5.41, 5.74) is 11.7. The fraction of sp³-hybridized carbons (Fsp3) is 0.194. The van der Waals surface area contributed by atoms with Crippen molar-refractivity contribution in [1.82, 2.24) is 0 Å². The molecule has 11 aromatic rings.